The number of nitrogens with two attached hydrogens (primary N) is 1. The minimum atomic E-state index is -1.24. The summed E-state index contributed by atoms with van der Waals surface area (Å²) in [5, 5.41) is 11.2. The van der Waals surface area contributed by atoms with Crippen molar-refractivity contribution in [2.75, 3.05) is 13.7 Å². The Morgan fingerprint density at radius 2 is 1.77 bits per heavy atom. The average molecular weight is 372 g/mol. The maximum absolute atomic E-state index is 12.1. The number of ether oxygens (including phenoxy) is 2. The number of aliphatic carboxylic acids is 1. The van der Waals surface area contributed by atoms with Crippen molar-refractivity contribution in [3.8, 4) is 0 Å². The van der Waals surface area contributed by atoms with Crippen molar-refractivity contribution in [1.29, 1.82) is 0 Å². The van der Waals surface area contributed by atoms with Gasteiger partial charge < -0.3 is 25.6 Å². The third-order valence-electron chi connectivity index (χ3n) is 5.58. The molecule has 1 amide bonds. The van der Waals surface area contributed by atoms with Crippen molar-refractivity contribution in [1.82, 2.24) is 5.32 Å². The van der Waals surface area contributed by atoms with Crippen molar-refractivity contribution >= 4 is 17.8 Å². The Kier molecular flexibility index (Phi) is 8.49. The lowest BCUT2D eigenvalue weighted by atomic mass is 9.79. The van der Waals surface area contributed by atoms with Gasteiger partial charge in [-0.1, -0.05) is 26.7 Å². The number of nitrogens with one attached hydrogen (secondary N) is 1. The first-order valence-corrected chi connectivity index (χ1v) is 9.11. The highest BCUT2D eigenvalue weighted by Crippen LogP contribution is 2.39. The first-order valence-electron chi connectivity index (χ1n) is 9.11. The molecule has 8 nitrogen and oxygen atoms in total. The molecule has 26 heavy (non-hydrogen) atoms. The molecule has 0 aromatic carbocycles. The molecule has 2 unspecified atom stereocenters. The van der Waals surface area contributed by atoms with Gasteiger partial charge in [0.15, 0.2) is 6.04 Å². The molecule has 1 aliphatic rings. The molecular weight excluding hydrogens is 340 g/mol. The highest BCUT2D eigenvalue weighted by atomic mass is 16.5. The third-order valence-corrected chi connectivity index (χ3v) is 5.58. The van der Waals surface area contributed by atoms with E-state index < -0.39 is 42.0 Å². The summed E-state index contributed by atoms with van der Waals surface area (Å²) in [6.45, 7) is 6.26. The van der Waals surface area contributed by atoms with E-state index in [4.69, 9.17) is 20.3 Å². The van der Waals surface area contributed by atoms with Crippen LogP contribution in [0, 0.1) is 11.8 Å². The van der Waals surface area contributed by atoms with E-state index in [0.717, 1.165) is 25.7 Å². The summed E-state index contributed by atoms with van der Waals surface area (Å²) < 4.78 is 10.9. The second kappa shape index (κ2) is 9.87. The lowest BCUT2D eigenvalue weighted by Gasteiger charge is -2.40. The number of amides is 1. The van der Waals surface area contributed by atoms with E-state index in [0.29, 0.717) is 11.8 Å². The monoisotopic (exact) mass is 372 g/mol. The van der Waals surface area contributed by atoms with E-state index in [1.807, 2.05) is 6.92 Å². The van der Waals surface area contributed by atoms with Crippen molar-refractivity contribution in [2.24, 2.45) is 17.6 Å². The number of carbonyl (C=O) groups excluding carboxylic acids is 2. The van der Waals surface area contributed by atoms with Crippen LogP contribution in [0.2, 0.25) is 0 Å². The Hall–Kier alpha value is -1.67. The minimum absolute atomic E-state index is 0.0522. The van der Waals surface area contributed by atoms with Crippen LogP contribution in [-0.4, -0.2) is 54.4 Å². The largest absolute Gasteiger partial charge is 0.481 e. The van der Waals surface area contributed by atoms with Gasteiger partial charge in [-0.15, -0.1) is 0 Å². The number of rotatable bonds is 8. The topological polar surface area (TPSA) is 128 Å². The normalized spacial score (nSPS) is 28.5. The van der Waals surface area contributed by atoms with Crippen LogP contribution in [0.25, 0.3) is 0 Å². The number of hydrogen-bond acceptors (Lipinski definition) is 6. The van der Waals surface area contributed by atoms with Gasteiger partial charge in [0.1, 0.15) is 0 Å². The van der Waals surface area contributed by atoms with E-state index in [1.54, 1.807) is 0 Å². The summed E-state index contributed by atoms with van der Waals surface area (Å²) in [5.41, 5.74) is 5.13. The van der Waals surface area contributed by atoms with Crippen molar-refractivity contribution in [3.05, 3.63) is 0 Å². The summed E-state index contributed by atoms with van der Waals surface area (Å²) >= 11 is 0. The first kappa shape index (κ1) is 22.4. The molecule has 1 fully saturated rings. The van der Waals surface area contributed by atoms with Crippen LogP contribution < -0.4 is 11.1 Å². The smallest absolute Gasteiger partial charge is 0.330 e. The highest BCUT2D eigenvalue weighted by molar-refractivity contribution is 5.89. The fourth-order valence-corrected chi connectivity index (χ4v) is 3.38. The number of esters is 1. The molecule has 4 atom stereocenters. The van der Waals surface area contributed by atoms with Gasteiger partial charge in [0.25, 0.3) is 0 Å². The molecule has 1 rings (SSSR count). The molecule has 1 saturated carbocycles. The third kappa shape index (κ3) is 5.95. The lowest BCUT2D eigenvalue weighted by Crippen LogP contribution is -2.53. The molecule has 0 aliphatic heterocycles. The average Bonchev–Trinajstić information content (AvgIpc) is 2.70. The molecule has 1 aliphatic carbocycles. The number of carboxylic acid groups (broad SMARTS) is 1. The standard InChI is InChI=1S/C18H32N2O6/c1-11-7-5-6-8-12(2)18(11,3)26-10-14(17(24)25-4)20-16(23)13(19)9-15(21)22/h11-14H,5-10,19H2,1-4H3,(H,20,23)(H,21,22)/t11?,12?,13-,14-,18?/m0/s1. The molecule has 0 radical (unpaired) electrons. The van der Waals surface area contributed by atoms with E-state index in [2.05, 4.69) is 19.2 Å². The van der Waals surface area contributed by atoms with Gasteiger partial charge in [-0.05, 0) is 31.6 Å². The van der Waals surface area contributed by atoms with Crippen LogP contribution in [-0.2, 0) is 23.9 Å². The molecule has 0 aromatic rings. The fraction of sp³-hybridized carbons (Fsp3) is 0.833. The predicted octanol–water partition coefficient (Wildman–Crippen LogP) is 1.07. The number of carboxylic acids is 1. The first-order chi connectivity index (χ1) is 12.1. The summed E-state index contributed by atoms with van der Waals surface area (Å²) in [7, 11) is 1.22. The summed E-state index contributed by atoms with van der Waals surface area (Å²) in [4.78, 5) is 34.8. The van der Waals surface area contributed by atoms with E-state index in [9.17, 15) is 14.4 Å². The van der Waals surface area contributed by atoms with Crippen molar-refractivity contribution < 1.29 is 29.0 Å². The molecule has 4 N–H and O–H groups in total. The zero-order valence-electron chi connectivity index (χ0n) is 16.1. The molecule has 8 heteroatoms. The Labute approximate surface area is 154 Å². The number of carbonyl (C=O) groups is 3. The van der Waals surface area contributed by atoms with Crippen LogP contribution in [0.15, 0.2) is 0 Å². The maximum Gasteiger partial charge on any atom is 0.330 e. The van der Waals surface area contributed by atoms with Gasteiger partial charge in [0.05, 0.1) is 31.8 Å². The van der Waals surface area contributed by atoms with Crippen LogP contribution in [0.4, 0.5) is 0 Å². The Balaban J connectivity index is 2.79. The summed E-state index contributed by atoms with van der Waals surface area (Å²) in [6.07, 6.45) is 3.85. The molecule has 0 bridgehead atoms. The zero-order chi connectivity index (χ0) is 19.9. The van der Waals surface area contributed by atoms with Gasteiger partial charge in [-0.3, -0.25) is 9.59 Å². The Morgan fingerprint density at radius 3 is 2.23 bits per heavy atom. The minimum Gasteiger partial charge on any atom is -0.481 e. The van der Waals surface area contributed by atoms with E-state index >= 15 is 0 Å². The molecule has 0 aromatic heterocycles. The van der Waals surface area contributed by atoms with E-state index in [1.165, 1.54) is 7.11 Å². The molecule has 150 valence electrons. The maximum atomic E-state index is 12.1. The predicted molar refractivity (Wildman–Crippen MR) is 95.3 cm³/mol. The van der Waals surface area contributed by atoms with Crippen LogP contribution in [0.5, 0.6) is 0 Å². The van der Waals surface area contributed by atoms with Crippen LogP contribution in [0.3, 0.4) is 0 Å². The number of methoxy groups -OCH3 is 1. The number of hydrogen-bond donors (Lipinski definition) is 3. The van der Waals surface area contributed by atoms with Gasteiger partial charge in [-0.25, -0.2) is 4.79 Å². The molecule has 0 spiro atoms. The van der Waals surface area contributed by atoms with E-state index in [-0.39, 0.29) is 6.61 Å². The van der Waals surface area contributed by atoms with Gasteiger partial charge in [0.2, 0.25) is 5.91 Å². The van der Waals surface area contributed by atoms with Crippen molar-refractivity contribution in [2.45, 2.75) is 70.6 Å². The van der Waals surface area contributed by atoms with Crippen LogP contribution >= 0.6 is 0 Å². The van der Waals surface area contributed by atoms with Gasteiger partial charge in [0, 0.05) is 0 Å². The second-order valence-electron chi connectivity index (χ2n) is 7.37. The molecule has 0 heterocycles. The van der Waals surface area contributed by atoms with Gasteiger partial charge in [-0.2, -0.15) is 0 Å². The zero-order valence-corrected chi connectivity index (χ0v) is 16.1. The van der Waals surface area contributed by atoms with Gasteiger partial charge >= 0.3 is 11.9 Å². The Bertz CT molecular complexity index is 498. The quantitative estimate of drug-likeness (QED) is 0.429. The molecule has 0 saturated heterocycles. The summed E-state index contributed by atoms with van der Waals surface area (Å²) in [5.74, 6) is -1.95. The summed E-state index contributed by atoms with van der Waals surface area (Å²) in [6, 6.07) is -2.28. The Morgan fingerprint density at radius 1 is 1.23 bits per heavy atom. The second-order valence-corrected chi connectivity index (χ2v) is 7.37. The van der Waals surface area contributed by atoms with Crippen LogP contribution in [0.1, 0.15) is 52.9 Å². The fourth-order valence-electron chi connectivity index (χ4n) is 3.38. The van der Waals surface area contributed by atoms with Crippen molar-refractivity contribution in [3.63, 3.8) is 0 Å². The molecular formula is C18H32N2O6. The lowest BCUT2D eigenvalue weighted by molar-refractivity contribution is -0.154. The highest BCUT2D eigenvalue weighted by Gasteiger charge is 2.40. The SMILES string of the molecule is COC(=O)[C@H](COC1(C)C(C)CCCCC1C)NC(=O)[C@@H](N)CC(=O)O.